The fraction of sp³-hybridized carbons (Fsp3) is 0.190. The molecule has 2 aromatic rings. The highest BCUT2D eigenvalue weighted by atomic mass is 35.5. The van der Waals surface area contributed by atoms with Crippen LogP contribution in [0, 0.1) is 0 Å². The highest BCUT2D eigenvalue weighted by Crippen LogP contribution is 2.34. The Kier molecular flexibility index (Phi) is 7.41. The smallest absolute Gasteiger partial charge is 0.266 e. The van der Waals surface area contributed by atoms with Gasteiger partial charge in [-0.05, 0) is 49.8 Å². The minimum Gasteiger partial charge on any atom is -0.484 e. The maximum absolute atomic E-state index is 12.5. The molecule has 1 saturated heterocycles. The SMILES string of the molecule is CC(C)N1C(=O)/C(=C/c2ccc(OCC(=O)Nc3cccc(Cl)c3Cl)cc2)SC1=S. The lowest BCUT2D eigenvalue weighted by Gasteiger charge is -2.18. The Balaban J connectivity index is 1.59. The topological polar surface area (TPSA) is 58.6 Å². The predicted octanol–water partition coefficient (Wildman–Crippen LogP) is 5.62. The Morgan fingerprint density at radius 1 is 1.23 bits per heavy atom. The second-order valence-electron chi connectivity index (χ2n) is 6.65. The van der Waals surface area contributed by atoms with Gasteiger partial charge in [0, 0.05) is 6.04 Å². The number of nitrogens with zero attached hydrogens (tertiary/aromatic N) is 1. The van der Waals surface area contributed by atoms with Crippen molar-refractivity contribution in [3.8, 4) is 5.75 Å². The van der Waals surface area contributed by atoms with E-state index in [4.69, 9.17) is 40.2 Å². The molecule has 156 valence electrons. The zero-order chi connectivity index (χ0) is 21.8. The largest absolute Gasteiger partial charge is 0.484 e. The maximum atomic E-state index is 12.5. The van der Waals surface area contributed by atoms with E-state index in [0.717, 1.165) is 5.56 Å². The number of halogens is 2. The summed E-state index contributed by atoms with van der Waals surface area (Å²) in [6.45, 7) is 3.67. The van der Waals surface area contributed by atoms with E-state index in [9.17, 15) is 9.59 Å². The number of ether oxygens (including phenoxy) is 1. The quantitative estimate of drug-likeness (QED) is 0.429. The standard InChI is InChI=1S/C21H18Cl2N2O3S2/c1-12(2)25-20(27)17(30-21(25)29)10-13-6-8-14(9-7-13)28-11-18(26)24-16-5-3-4-15(22)19(16)23/h3-10,12H,11H2,1-2H3,(H,24,26)/b17-10-. The van der Waals surface area contributed by atoms with E-state index in [1.54, 1.807) is 41.3 Å². The van der Waals surface area contributed by atoms with Crippen LogP contribution in [0.5, 0.6) is 5.75 Å². The number of carbonyl (C=O) groups is 2. The molecule has 9 heteroatoms. The van der Waals surface area contributed by atoms with E-state index in [1.165, 1.54) is 11.8 Å². The minimum atomic E-state index is -0.361. The Morgan fingerprint density at radius 3 is 2.57 bits per heavy atom. The third kappa shape index (κ3) is 5.35. The molecule has 2 aromatic carbocycles. The van der Waals surface area contributed by atoms with Crippen molar-refractivity contribution in [3.63, 3.8) is 0 Å². The van der Waals surface area contributed by atoms with Crippen LogP contribution in [0.15, 0.2) is 47.4 Å². The van der Waals surface area contributed by atoms with E-state index in [-0.39, 0.29) is 29.5 Å². The van der Waals surface area contributed by atoms with E-state index < -0.39 is 0 Å². The van der Waals surface area contributed by atoms with Crippen LogP contribution in [0.2, 0.25) is 10.0 Å². The van der Waals surface area contributed by atoms with Gasteiger partial charge < -0.3 is 10.1 Å². The first-order valence-corrected chi connectivity index (χ1v) is 11.0. The molecular formula is C21H18Cl2N2O3S2. The average molecular weight is 481 g/mol. The molecular weight excluding hydrogens is 463 g/mol. The van der Waals surface area contributed by atoms with Crippen molar-refractivity contribution in [1.29, 1.82) is 0 Å². The lowest BCUT2D eigenvalue weighted by atomic mass is 10.2. The van der Waals surface area contributed by atoms with Gasteiger partial charge in [0.1, 0.15) is 10.1 Å². The van der Waals surface area contributed by atoms with Gasteiger partial charge in [-0.1, -0.05) is 65.4 Å². The van der Waals surface area contributed by atoms with Crippen LogP contribution in [0.4, 0.5) is 5.69 Å². The molecule has 0 spiro atoms. The predicted molar refractivity (Wildman–Crippen MR) is 127 cm³/mol. The molecule has 1 aliphatic rings. The number of hydrogen-bond acceptors (Lipinski definition) is 5. The number of thioether (sulfide) groups is 1. The number of hydrogen-bond donors (Lipinski definition) is 1. The van der Waals surface area contributed by atoms with Gasteiger partial charge in [-0.15, -0.1) is 0 Å². The maximum Gasteiger partial charge on any atom is 0.266 e. The summed E-state index contributed by atoms with van der Waals surface area (Å²) in [7, 11) is 0. The fourth-order valence-electron chi connectivity index (χ4n) is 2.67. The monoisotopic (exact) mass is 480 g/mol. The highest BCUT2D eigenvalue weighted by Gasteiger charge is 2.33. The fourth-order valence-corrected chi connectivity index (χ4v) is 4.54. The van der Waals surface area contributed by atoms with Crippen molar-refractivity contribution < 1.29 is 14.3 Å². The molecule has 0 bridgehead atoms. The molecule has 0 saturated carbocycles. The normalized spacial score (nSPS) is 15.2. The summed E-state index contributed by atoms with van der Waals surface area (Å²) in [6.07, 6.45) is 1.79. The molecule has 1 fully saturated rings. The molecule has 2 amide bonds. The molecule has 0 radical (unpaired) electrons. The first-order chi connectivity index (χ1) is 14.3. The van der Waals surface area contributed by atoms with Crippen LogP contribution >= 0.6 is 47.2 Å². The first kappa shape index (κ1) is 22.6. The first-order valence-electron chi connectivity index (χ1n) is 9.00. The molecule has 3 rings (SSSR count). The number of amides is 2. The number of thiocarbonyl (C=S) groups is 1. The average Bonchev–Trinajstić information content (AvgIpc) is 2.98. The number of anilines is 1. The summed E-state index contributed by atoms with van der Waals surface area (Å²) < 4.78 is 6.07. The van der Waals surface area contributed by atoms with Crippen molar-refractivity contribution in [2.75, 3.05) is 11.9 Å². The summed E-state index contributed by atoms with van der Waals surface area (Å²) in [5.74, 6) is 0.0755. The number of rotatable bonds is 6. The Bertz CT molecular complexity index is 1020. The molecule has 1 N–H and O–H groups in total. The summed E-state index contributed by atoms with van der Waals surface area (Å²) in [6, 6.07) is 12.1. The van der Waals surface area contributed by atoms with Crippen LogP contribution in [0.25, 0.3) is 6.08 Å². The van der Waals surface area contributed by atoms with Gasteiger partial charge in [-0.3, -0.25) is 14.5 Å². The van der Waals surface area contributed by atoms with E-state index in [0.29, 0.717) is 25.7 Å². The Hall–Kier alpha value is -2.06. The molecule has 5 nitrogen and oxygen atoms in total. The zero-order valence-corrected chi connectivity index (χ0v) is 19.3. The molecule has 0 unspecified atom stereocenters. The van der Waals surface area contributed by atoms with Crippen molar-refractivity contribution in [2.45, 2.75) is 19.9 Å². The second-order valence-corrected chi connectivity index (χ2v) is 9.11. The van der Waals surface area contributed by atoms with Gasteiger partial charge >= 0.3 is 0 Å². The number of nitrogens with one attached hydrogen (secondary N) is 1. The molecule has 1 aliphatic heterocycles. The van der Waals surface area contributed by atoms with E-state index in [1.807, 2.05) is 26.0 Å². The Labute approximate surface area is 194 Å². The van der Waals surface area contributed by atoms with Gasteiger partial charge in [0.2, 0.25) is 0 Å². The molecule has 0 aliphatic carbocycles. The van der Waals surface area contributed by atoms with Gasteiger partial charge in [0.05, 0.1) is 20.6 Å². The zero-order valence-electron chi connectivity index (χ0n) is 16.1. The number of benzene rings is 2. The van der Waals surface area contributed by atoms with E-state index >= 15 is 0 Å². The summed E-state index contributed by atoms with van der Waals surface area (Å²) >= 11 is 18.6. The van der Waals surface area contributed by atoms with Crippen LogP contribution in [0.3, 0.4) is 0 Å². The second kappa shape index (κ2) is 9.83. The molecule has 30 heavy (non-hydrogen) atoms. The highest BCUT2D eigenvalue weighted by molar-refractivity contribution is 8.26. The summed E-state index contributed by atoms with van der Waals surface area (Å²) in [5, 5.41) is 3.29. The Morgan fingerprint density at radius 2 is 1.93 bits per heavy atom. The van der Waals surface area contributed by atoms with Crippen molar-refractivity contribution in [3.05, 3.63) is 63.0 Å². The van der Waals surface area contributed by atoms with Crippen LogP contribution in [-0.4, -0.2) is 33.7 Å². The third-order valence-corrected chi connectivity index (χ3v) is 6.26. The molecule has 0 aromatic heterocycles. The van der Waals surface area contributed by atoms with Crippen molar-refractivity contribution >= 4 is 75.1 Å². The summed E-state index contributed by atoms with van der Waals surface area (Å²) in [5.41, 5.74) is 1.26. The molecule has 1 heterocycles. The van der Waals surface area contributed by atoms with Crippen molar-refractivity contribution in [1.82, 2.24) is 4.90 Å². The molecule has 0 atom stereocenters. The van der Waals surface area contributed by atoms with Crippen molar-refractivity contribution in [2.24, 2.45) is 0 Å². The lowest BCUT2D eigenvalue weighted by molar-refractivity contribution is -0.123. The van der Waals surface area contributed by atoms with Gasteiger partial charge in [-0.2, -0.15) is 0 Å². The van der Waals surface area contributed by atoms with Gasteiger partial charge in [0.15, 0.2) is 6.61 Å². The van der Waals surface area contributed by atoms with E-state index in [2.05, 4.69) is 5.32 Å². The number of carbonyl (C=O) groups excluding carboxylic acids is 2. The van der Waals surface area contributed by atoms with Crippen LogP contribution in [0.1, 0.15) is 19.4 Å². The third-order valence-electron chi connectivity index (χ3n) is 4.11. The van der Waals surface area contributed by atoms with Crippen LogP contribution in [-0.2, 0) is 9.59 Å². The van der Waals surface area contributed by atoms with Gasteiger partial charge in [0.25, 0.3) is 11.8 Å². The minimum absolute atomic E-state index is 0.0205. The van der Waals surface area contributed by atoms with Crippen LogP contribution < -0.4 is 10.1 Å². The lowest BCUT2D eigenvalue weighted by Crippen LogP contribution is -2.34. The summed E-state index contributed by atoms with van der Waals surface area (Å²) in [4.78, 5) is 26.7. The van der Waals surface area contributed by atoms with Gasteiger partial charge in [-0.25, -0.2) is 0 Å².